The Morgan fingerprint density at radius 1 is 1.54 bits per heavy atom. The first-order valence-corrected chi connectivity index (χ1v) is 5.99. The van der Waals surface area contributed by atoms with Crippen LogP contribution in [-0.4, -0.2) is 31.5 Å². The molecule has 1 aliphatic heterocycles. The summed E-state index contributed by atoms with van der Waals surface area (Å²) in [4.78, 5) is 11.4. The van der Waals surface area contributed by atoms with Crippen molar-refractivity contribution in [3.8, 4) is 0 Å². The third kappa shape index (κ3) is 1.57. The van der Waals surface area contributed by atoms with E-state index in [0.717, 1.165) is 0 Å². The van der Waals surface area contributed by atoms with Gasteiger partial charge in [0.1, 0.15) is 0 Å². The van der Waals surface area contributed by atoms with Crippen molar-refractivity contribution in [3.63, 3.8) is 0 Å². The number of rotatable bonds is 2. The summed E-state index contributed by atoms with van der Waals surface area (Å²) in [5.41, 5.74) is 0. The first-order valence-electron chi connectivity index (χ1n) is 4.33. The van der Waals surface area contributed by atoms with E-state index in [0.29, 0.717) is 12.8 Å². The number of carbonyl (C=O) groups excluding carboxylic acids is 1. The van der Waals surface area contributed by atoms with Gasteiger partial charge in [-0.05, 0) is 26.7 Å². The molecule has 0 aromatic heterocycles. The Kier molecular flexibility index (Phi) is 2.66. The molecular weight excluding hydrogens is 192 g/mol. The molecule has 0 radical (unpaired) electrons. The molecule has 0 spiro atoms. The maximum absolute atomic E-state index is 11.5. The van der Waals surface area contributed by atoms with E-state index in [-0.39, 0.29) is 12.4 Å². The van der Waals surface area contributed by atoms with Gasteiger partial charge in [-0.15, -0.1) is 0 Å². The monoisotopic (exact) mass is 206 g/mol. The first-order chi connectivity index (χ1) is 5.94. The molecule has 1 atom stereocenters. The molecule has 4 nitrogen and oxygen atoms in total. The van der Waals surface area contributed by atoms with Crippen molar-refractivity contribution < 1.29 is 17.9 Å². The predicted molar refractivity (Wildman–Crippen MR) is 48.1 cm³/mol. The zero-order valence-electron chi connectivity index (χ0n) is 7.87. The first kappa shape index (κ1) is 10.5. The highest BCUT2D eigenvalue weighted by Crippen LogP contribution is 2.32. The van der Waals surface area contributed by atoms with Crippen LogP contribution in [0.3, 0.4) is 0 Å². The van der Waals surface area contributed by atoms with E-state index in [4.69, 9.17) is 4.74 Å². The van der Waals surface area contributed by atoms with Crippen molar-refractivity contribution in [2.75, 3.05) is 12.4 Å². The molecule has 0 aromatic carbocycles. The van der Waals surface area contributed by atoms with Gasteiger partial charge in [-0.1, -0.05) is 0 Å². The fourth-order valence-corrected chi connectivity index (χ4v) is 3.24. The summed E-state index contributed by atoms with van der Waals surface area (Å²) in [5, 5.41) is 0. The average Bonchev–Trinajstić information content (AvgIpc) is 2.28. The number of carbonyl (C=O) groups is 1. The maximum atomic E-state index is 11.5. The largest absolute Gasteiger partial charge is 0.465 e. The van der Waals surface area contributed by atoms with Crippen molar-refractivity contribution in [3.05, 3.63) is 0 Å². The van der Waals surface area contributed by atoms with Crippen LogP contribution in [0.25, 0.3) is 0 Å². The Morgan fingerprint density at radius 2 is 2.15 bits per heavy atom. The average molecular weight is 206 g/mol. The van der Waals surface area contributed by atoms with Gasteiger partial charge in [0.15, 0.2) is 14.6 Å². The molecule has 1 fully saturated rings. The molecule has 0 N–H and O–H groups in total. The van der Waals surface area contributed by atoms with Gasteiger partial charge in [-0.2, -0.15) is 0 Å². The lowest BCUT2D eigenvalue weighted by molar-refractivity contribution is -0.145. The maximum Gasteiger partial charge on any atom is 0.327 e. The zero-order valence-corrected chi connectivity index (χ0v) is 8.69. The van der Waals surface area contributed by atoms with Gasteiger partial charge in [0, 0.05) is 0 Å². The quantitative estimate of drug-likeness (QED) is 0.618. The van der Waals surface area contributed by atoms with Gasteiger partial charge < -0.3 is 4.74 Å². The van der Waals surface area contributed by atoms with E-state index in [1.165, 1.54) is 6.92 Å². The van der Waals surface area contributed by atoms with E-state index in [9.17, 15) is 13.2 Å². The molecule has 0 aliphatic carbocycles. The Bertz CT molecular complexity index is 306. The fourth-order valence-electron chi connectivity index (χ4n) is 1.49. The minimum atomic E-state index is -3.28. The summed E-state index contributed by atoms with van der Waals surface area (Å²) >= 11 is 0. The summed E-state index contributed by atoms with van der Waals surface area (Å²) in [6, 6.07) is 0. The van der Waals surface area contributed by atoms with E-state index >= 15 is 0 Å². The molecule has 1 aliphatic rings. The SMILES string of the molecule is CCOC(=O)C1(C)CCCS1(=O)=O. The lowest BCUT2D eigenvalue weighted by Crippen LogP contribution is -2.41. The van der Waals surface area contributed by atoms with E-state index < -0.39 is 20.6 Å². The molecule has 5 heteroatoms. The van der Waals surface area contributed by atoms with Crippen LogP contribution in [0.5, 0.6) is 0 Å². The zero-order chi connectivity index (χ0) is 10.1. The molecule has 0 amide bonds. The normalized spacial score (nSPS) is 31.5. The van der Waals surface area contributed by atoms with E-state index in [1.807, 2.05) is 0 Å². The molecule has 76 valence electrons. The predicted octanol–water partition coefficient (Wildman–Crippen LogP) is 0.517. The van der Waals surface area contributed by atoms with Crippen LogP contribution >= 0.6 is 0 Å². The topological polar surface area (TPSA) is 60.4 Å². The number of hydrogen-bond donors (Lipinski definition) is 0. The van der Waals surface area contributed by atoms with Crippen molar-refractivity contribution in [1.82, 2.24) is 0 Å². The van der Waals surface area contributed by atoms with Crippen LogP contribution < -0.4 is 0 Å². The summed E-state index contributed by atoms with van der Waals surface area (Å²) in [5.74, 6) is -0.505. The van der Waals surface area contributed by atoms with Gasteiger partial charge >= 0.3 is 5.97 Å². The standard InChI is InChI=1S/C8H14O4S/c1-3-12-7(9)8(2)5-4-6-13(8,10)11/h3-6H2,1-2H3. The van der Waals surface area contributed by atoms with Crippen molar-refractivity contribution in [2.24, 2.45) is 0 Å². The molecule has 0 bridgehead atoms. The van der Waals surface area contributed by atoms with Crippen molar-refractivity contribution in [2.45, 2.75) is 31.4 Å². The Balaban J connectivity index is 2.94. The minimum absolute atomic E-state index is 0.0995. The molecule has 0 saturated carbocycles. The molecule has 1 rings (SSSR count). The lowest BCUT2D eigenvalue weighted by Gasteiger charge is -2.19. The van der Waals surface area contributed by atoms with Crippen LogP contribution in [0.2, 0.25) is 0 Å². The Labute approximate surface area is 78.2 Å². The summed E-state index contributed by atoms with van der Waals surface area (Å²) in [6.07, 6.45) is 0.936. The molecule has 1 heterocycles. The second kappa shape index (κ2) is 3.29. The molecular formula is C8H14O4S. The van der Waals surface area contributed by atoms with E-state index in [2.05, 4.69) is 0 Å². The number of sulfone groups is 1. The summed E-state index contributed by atoms with van der Waals surface area (Å²) in [6.45, 7) is 3.35. The highest BCUT2D eigenvalue weighted by atomic mass is 32.2. The van der Waals surface area contributed by atoms with Gasteiger partial charge in [0.2, 0.25) is 0 Å². The minimum Gasteiger partial charge on any atom is -0.465 e. The number of esters is 1. The summed E-state index contributed by atoms with van der Waals surface area (Å²) < 4.78 is 26.5. The Morgan fingerprint density at radius 3 is 2.54 bits per heavy atom. The van der Waals surface area contributed by atoms with Crippen LogP contribution in [0.15, 0.2) is 0 Å². The second-order valence-corrected chi connectivity index (χ2v) is 5.91. The molecule has 0 aromatic rings. The van der Waals surface area contributed by atoms with E-state index in [1.54, 1.807) is 6.92 Å². The highest BCUT2D eigenvalue weighted by Gasteiger charge is 2.50. The van der Waals surface area contributed by atoms with Crippen LogP contribution in [0.4, 0.5) is 0 Å². The number of ether oxygens (including phenoxy) is 1. The lowest BCUT2D eigenvalue weighted by atomic mass is 10.1. The third-order valence-corrected chi connectivity index (χ3v) is 5.03. The van der Waals surface area contributed by atoms with Gasteiger partial charge in [0.25, 0.3) is 0 Å². The fraction of sp³-hybridized carbons (Fsp3) is 0.875. The highest BCUT2D eigenvalue weighted by molar-refractivity contribution is 7.93. The van der Waals surface area contributed by atoms with Gasteiger partial charge in [-0.3, -0.25) is 4.79 Å². The van der Waals surface area contributed by atoms with Crippen LogP contribution in [-0.2, 0) is 19.4 Å². The second-order valence-electron chi connectivity index (χ2n) is 3.37. The molecule has 1 saturated heterocycles. The summed E-state index contributed by atoms with van der Waals surface area (Å²) in [7, 11) is -3.28. The number of hydrogen-bond acceptors (Lipinski definition) is 4. The Hall–Kier alpha value is -0.580. The van der Waals surface area contributed by atoms with Gasteiger partial charge in [-0.25, -0.2) is 8.42 Å². The molecule has 1 unspecified atom stereocenters. The van der Waals surface area contributed by atoms with Crippen LogP contribution in [0.1, 0.15) is 26.7 Å². The van der Waals surface area contributed by atoms with Gasteiger partial charge in [0.05, 0.1) is 12.4 Å². The third-order valence-electron chi connectivity index (χ3n) is 2.46. The van der Waals surface area contributed by atoms with Crippen molar-refractivity contribution >= 4 is 15.8 Å². The van der Waals surface area contributed by atoms with Crippen LogP contribution in [0, 0.1) is 0 Å². The van der Waals surface area contributed by atoms with Crippen molar-refractivity contribution in [1.29, 1.82) is 0 Å². The molecule has 13 heavy (non-hydrogen) atoms. The smallest absolute Gasteiger partial charge is 0.327 e.